The van der Waals surface area contributed by atoms with Gasteiger partial charge in [-0.2, -0.15) is 17.0 Å². The third-order valence-corrected chi connectivity index (χ3v) is 8.45. The molecular formula is C23H32N4O3S. The van der Waals surface area contributed by atoms with Crippen molar-refractivity contribution in [3.05, 3.63) is 47.3 Å². The van der Waals surface area contributed by atoms with Gasteiger partial charge >= 0.3 is 0 Å². The molecule has 1 aromatic heterocycles. The first-order valence-corrected chi connectivity index (χ1v) is 12.4. The van der Waals surface area contributed by atoms with Crippen LogP contribution in [0.2, 0.25) is 0 Å². The molecule has 0 spiro atoms. The third-order valence-electron chi connectivity index (χ3n) is 6.48. The van der Waals surface area contributed by atoms with Crippen molar-refractivity contribution in [1.29, 1.82) is 0 Å². The van der Waals surface area contributed by atoms with Crippen molar-refractivity contribution < 1.29 is 13.2 Å². The van der Waals surface area contributed by atoms with Crippen LogP contribution in [0.4, 0.5) is 0 Å². The molecule has 2 fully saturated rings. The van der Waals surface area contributed by atoms with E-state index in [1.807, 2.05) is 38.4 Å². The van der Waals surface area contributed by atoms with E-state index in [0.717, 1.165) is 29.8 Å². The van der Waals surface area contributed by atoms with Gasteiger partial charge in [-0.3, -0.25) is 0 Å². The van der Waals surface area contributed by atoms with Crippen LogP contribution in [0.5, 0.6) is 0 Å². The summed E-state index contributed by atoms with van der Waals surface area (Å²) in [5.41, 5.74) is 4.56. The Labute approximate surface area is 185 Å². The lowest BCUT2D eigenvalue weighted by atomic mass is 9.92. The van der Waals surface area contributed by atoms with Crippen molar-refractivity contribution >= 4 is 10.2 Å². The number of hydrogen-bond acceptors (Lipinski definition) is 5. The van der Waals surface area contributed by atoms with Crippen LogP contribution < -0.4 is 0 Å². The van der Waals surface area contributed by atoms with Crippen LogP contribution in [0, 0.1) is 13.8 Å². The molecule has 3 heterocycles. The molecule has 168 valence electrons. The van der Waals surface area contributed by atoms with E-state index in [4.69, 9.17) is 4.74 Å². The van der Waals surface area contributed by atoms with E-state index in [9.17, 15) is 8.42 Å². The van der Waals surface area contributed by atoms with Crippen molar-refractivity contribution in [2.75, 3.05) is 26.2 Å². The fourth-order valence-electron chi connectivity index (χ4n) is 4.58. The first-order chi connectivity index (χ1) is 14.8. The molecule has 2 aliphatic heterocycles. The lowest BCUT2D eigenvalue weighted by molar-refractivity contribution is -0.0456. The van der Waals surface area contributed by atoms with Gasteiger partial charge in [0, 0.05) is 44.1 Å². The number of morpholine rings is 1. The molecule has 2 aromatic rings. The van der Waals surface area contributed by atoms with E-state index >= 15 is 0 Å². The largest absolute Gasteiger partial charge is 0.373 e. The molecular weight excluding hydrogens is 412 g/mol. The van der Waals surface area contributed by atoms with Gasteiger partial charge in [-0.05, 0) is 63.1 Å². The lowest BCUT2D eigenvalue weighted by Crippen LogP contribution is -2.54. The van der Waals surface area contributed by atoms with E-state index in [1.165, 1.54) is 11.1 Å². The number of rotatable bonds is 4. The Bertz CT molecular complexity index is 1010. The molecule has 8 heteroatoms. The molecule has 4 rings (SSSR count). The zero-order valence-electron chi connectivity index (χ0n) is 18.8. The van der Waals surface area contributed by atoms with E-state index < -0.39 is 10.2 Å². The van der Waals surface area contributed by atoms with Crippen LogP contribution in [-0.2, 0) is 14.9 Å². The molecule has 1 aromatic carbocycles. The molecule has 0 N–H and O–H groups in total. The van der Waals surface area contributed by atoms with Crippen molar-refractivity contribution in [1.82, 2.24) is 18.6 Å². The van der Waals surface area contributed by atoms with Crippen molar-refractivity contribution in [2.24, 2.45) is 0 Å². The third kappa shape index (κ3) is 4.67. The maximum atomic E-state index is 13.1. The molecule has 0 aliphatic carbocycles. The number of aryl methyl sites for hydroxylation is 1. The first-order valence-electron chi connectivity index (χ1n) is 11.0. The molecule has 31 heavy (non-hydrogen) atoms. The van der Waals surface area contributed by atoms with Crippen molar-refractivity contribution in [3.8, 4) is 11.4 Å². The first kappa shape index (κ1) is 22.3. The lowest BCUT2D eigenvalue weighted by Gasteiger charge is -2.39. The maximum absolute atomic E-state index is 13.1. The predicted molar refractivity (Wildman–Crippen MR) is 121 cm³/mol. The average Bonchev–Trinajstić information content (AvgIpc) is 2.75. The highest BCUT2D eigenvalue weighted by Gasteiger charge is 2.37. The van der Waals surface area contributed by atoms with Crippen molar-refractivity contribution in [3.63, 3.8) is 0 Å². The van der Waals surface area contributed by atoms with E-state index in [2.05, 4.69) is 29.9 Å². The van der Waals surface area contributed by atoms with Gasteiger partial charge in [-0.25, -0.2) is 9.97 Å². The fraction of sp³-hybridized carbons (Fsp3) is 0.565. The zero-order valence-corrected chi connectivity index (χ0v) is 19.6. The molecule has 0 amide bonds. The SMILES string of the molecule is Cc1cccc(-c2ncc(C3CCN(S(=O)(=O)N4CC(C)OC(C)C4)CC3)cn2)c1C. The van der Waals surface area contributed by atoms with E-state index in [1.54, 1.807) is 8.61 Å². The number of benzene rings is 1. The fourth-order valence-corrected chi connectivity index (χ4v) is 6.38. The monoisotopic (exact) mass is 444 g/mol. The maximum Gasteiger partial charge on any atom is 0.282 e. The minimum Gasteiger partial charge on any atom is -0.373 e. The summed E-state index contributed by atoms with van der Waals surface area (Å²) in [5, 5.41) is 0. The highest BCUT2D eigenvalue weighted by Crippen LogP contribution is 2.31. The molecule has 0 bridgehead atoms. The van der Waals surface area contributed by atoms with Gasteiger partial charge in [0.05, 0.1) is 12.2 Å². The predicted octanol–water partition coefficient (Wildman–Crippen LogP) is 3.29. The van der Waals surface area contributed by atoms with Gasteiger partial charge in [0.25, 0.3) is 10.2 Å². The molecule has 0 saturated carbocycles. The summed E-state index contributed by atoms with van der Waals surface area (Å²) in [5.74, 6) is 1.02. The quantitative estimate of drug-likeness (QED) is 0.723. The van der Waals surface area contributed by atoms with Crippen LogP contribution in [0.25, 0.3) is 11.4 Å². The zero-order chi connectivity index (χ0) is 22.2. The summed E-state index contributed by atoms with van der Waals surface area (Å²) in [4.78, 5) is 9.24. The Morgan fingerprint density at radius 1 is 0.968 bits per heavy atom. The Morgan fingerprint density at radius 2 is 1.58 bits per heavy atom. The molecule has 2 aliphatic rings. The van der Waals surface area contributed by atoms with Crippen LogP contribution in [-0.4, -0.2) is 65.4 Å². The normalized spacial score (nSPS) is 24.4. The number of aromatic nitrogens is 2. The second kappa shape index (κ2) is 8.94. The summed E-state index contributed by atoms with van der Waals surface area (Å²) in [6.45, 7) is 9.90. The summed E-state index contributed by atoms with van der Waals surface area (Å²) in [6, 6.07) is 6.17. The standard InChI is InChI=1S/C23H32N4O3S/c1-16-6-5-7-22(19(16)4)23-24-12-21(13-25-23)20-8-10-26(11-9-20)31(28,29)27-14-17(2)30-18(3)15-27/h5-7,12-13,17-18,20H,8-11,14-15H2,1-4H3. The second-order valence-corrected chi connectivity index (χ2v) is 10.8. The van der Waals surface area contributed by atoms with Gasteiger partial charge in [0.15, 0.2) is 5.82 Å². The number of hydrogen-bond donors (Lipinski definition) is 0. The summed E-state index contributed by atoms with van der Waals surface area (Å²) in [7, 11) is -3.45. The Morgan fingerprint density at radius 3 is 2.19 bits per heavy atom. The van der Waals surface area contributed by atoms with Gasteiger partial charge in [0.1, 0.15) is 0 Å². The highest BCUT2D eigenvalue weighted by molar-refractivity contribution is 7.86. The number of piperidine rings is 1. The van der Waals surface area contributed by atoms with Crippen molar-refractivity contribution in [2.45, 2.75) is 58.7 Å². The minimum absolute atomic E-state index is 0.0798. The van der Waals surface area contributed by atoms with Crippen LogP contribution in [0.1, 0.15) is 49.3 Å². The Hall–Kier alpha value is -1.87. The number of nitrogens with zero attached hydrogens (tertiary/aromatic N) is 4. The Kier molecular flexibility index (Phi) is 6.44. The van der Waals surface area contributed by atoms with E-state index in [0.29, 0.717) is 26.2 Å². The van der Waals surface area contributed by atoms with Crippen LogP contribution >= 0.6 is 0 Å². The van der Waals surface area contributed by atoms with Gasteiger partial charge in [0.2, 0.25) is 0 Å². The summed E-state index contributed by atoms with van der Waals surface area (Å²) >= 11 is 0. The second-order valence-electron chi connectivity index (χ2n) is 8.84. The minimum atomic E-state index is -3.45. The summed E-state index contributed by atoms with van der Waals surface area (Å²) in [6.07, 6.45) is 5.21. The molecule has 2 unspecified atom stereocenters. The molecule has 2 saturated heterocycles. The highest BCUT2D eigenvalue weighted by atomic mass is 32.2. The summed E-state index contributed by atoms with van der Waals surface area (Å²) < 4.78 is 35.1. The Balaban J connectivity index is 1.41. The van der Waals surface area contributed by atoms with Gasteiger partial charge < -0.3 is 4.74 Å². The molecule has 2 atom stereocenters. The topological polar surface area (TPSA) is 75.6 Å². The molecule has 7 nitrogen and oxygen atoms in total. The average molecular weight is 445 g/mol. The smallest absolute Gasteiger partial charge is 0.282 e. The van der Waals surface area contributed by atoms with Crippen LogP contribution in [0.3, 0.4) is 0 Å². The van der Waals surface area contributed by atoms with Gasteiger partial charge in [-0.1, -0.05) is 18.2 Å². The van der Waals surface area contributed by atoms with E-state index in [-0.39, 0.29) is 18.1 Å². The molecule has 0 radical (unpaired) electrons. The van der Waals surface area contributed by atoms with Gasteiger partial charge in [-0.15, -0.1) is 0 Å². The number of ether oxygens (including phenoxy) is 1. The van der Waals surface area contributed by atoms with Crippen LogP contribution in [0.15, 0.2) is 30.6 Å².